The molecule has 50 heavy (non-hydrogen) atoms. The molecule has 0 aromatic heterocycles. The van der Waals surface area contributed by atoms with E-state index >= 15 is 0 Å². The minimum absolute atomic E-state index is 0.0947. The summed E-state index contributed by atoms with van der Waals surface area (Å²) in [4.78, 5) is 2.37. The van der Waals surface area contributed by atoms with E-state index in [1.54, 1.807) is 11.1 Å². The fraction of sp³-hybridized carbons (Fsp3) is 0.388. The van der Waals surface area contributed by atoms with Crippen LogP contribution in [0.15, 0.2) is 115 Å². The second-order valence-corrected chi connectivity index (χ2v) is 15.0. The second-order valence-electron chi connectivity index (χ2n) is 15.0. The molecule has 0 saturated carbocycles. The van der Waals surface area contributed by atoms with E-state index < -0.39 is 0 Å². The van der Waals surface area contributed by atoms with E-state index in [2.05, 4.69) is 148 Å². The molecule has 1 aliphatic carbocycles. The quantitative estimate of drug-likeness (QED) is 0.0845. The molecule has 0 unspecified atom stereocenters. The van der Waals surface area contributed by atoms with Crippen molar-refractivity contribution in [1.29, 1.82) is 0 Å². The van der Waals surface area contributed by atoms with Gasteiger partial charge in [0.1, 0.15) is 0 Å². The van der Waals surface area contributed by atoms with E-state index in [0.29, 0.717) is 0 Å². The fourth-order valence-corrected chi connectivity index (χ4v) is 8.46. The summed E-state index contributed by atoms with van der Waals surface area (Å²) < 4.78 is 0. The van der Waals surface area contributed by atoms with E-state index in [1.807, 2.05) is 0 Å². The van der Waals surface area contributed by atoms with E-state index in [0.717, 1.165) is 0 Å². The predicted molar refractivity (Wildman–Crippen MR) is 218 cm³/mol. The third kappa shape index (κ3) is 8.10. The Morgan fingerprint density at radius 1 is 0.420 bits per heavy atom. The van der Waals surface area contributed by atoms with Crippen LogP contribution >= 0.6 is 0 Å². The third-order valence-electron chi connectivity index (χ3n) is 11.2. The van der Waals surface area contributed by atoms with Gasteiger partial charge >= 0.3 is 0 Å². The molecule has 0 fully saturated rings. The van der Waals surface area contributed by atoms with Crippen LogP contribution in [0.5, 0.6) is 0 Å². The number of hydrogen-bond donors (Lipinski definition) is 0. The molecule has 0 bridgehead atoms. The Morgan fingerprint density at radius 2 is 0.940 bits per heavy atom. The maximum absolute atomic E-state index is 2.59. The van der Waals surface area contributed by atoms with Crippen molar-refractivity contribution in [1.82, 2.24) is 0 Å². The number of para-hydroxylation sites is 1. The summed E-state index contributed by atoms with van der Waals surface area (Å²) in [5.41, 5.74) is 15.0. The molecule has 0 radical (unpaired) electrons. The fourth-order valence-electron chi connectivity index (χ4n) is 8.46. The Labute approximate surface area is 303 Å². The highest BCUT2D eigenvalue weighted by atomic mass is 15.1. The van der Waals surface area contributed by atoms with Gasteiger partial charge < -0.3 is 4.90 Å². The first-order valence-electron chi connectivity index (χ1n) is 19.8. The van der Waals surface area contributed by atoms with Gasteiger partial charge in [0.25, 0.3) is 0 Å². The van der Waals surface area contributed by atoms with Crippen molar-refractivity contribution in [2.45, 2.75) is 123 Å². The van der Waals surface area contributed by atoms with Gasteiger partial charge in [0.15, 0.2) is 0 Å². The van der Waals surface area contributed by atoms with Gasteiger partial charge in [-0.15, -0.1) is 0 Å². The topological polar surface area (TPSA) is 3.24 Å². The molecule has 260 valence electrons. The van der Waals surface area contributed by atoms with Crippen LogP contribution in [0, 0.1) is 13.8 Å². The Morgan fingerprint density at radius 3 is 1.58 bits per heavy atom. The Kier molecular flexibility index (Phi) is 12.3. The summed E-state index contributed by atoms with van der Waals surface area (Å²) in [6.45, 7) is 9.09. The Hall–Kier alpha value is -4.10. The summed E-state index contributed by atoms with van der Waals surface area (Å²) in [7, 11) is 0. The van der Waals surface area contributed by atoms with Crippen LogP contribution in [0.4, 0.5) is 17.1 Å². The standard InChI is InChI=1S/C49H59N/c1-5-7-9-11-13-18-33-49(34-19-14-12-10-8-6-2)47-36-39(4)25-31-45(47)46-32-28-41(37-48(46)49)40-26-29-43(30-27-40)50(42-22-16-15-17-23-42)44-24-20-21-38(3)35-44/h15-17,20-32,35-37H,5-14,18-19,33-34H2,1-4H3. The minimum Gasteiger partial charge on any atom is -0.310 e. The summed E-state index contributed by atoms with van der Waals surface area (Å²) in [6, 6.07) is 43.5. The van der Waals surface area contributed by atoms with Crippen molar-refractivity contribution >= 4 is 17.1 Å². The molecular formula is C49H59N. The molecule has 5 aromatic carbocycles. The maximum Gasteiger partial charge on any atom is 0.0464 e. The van der Waals surface area contributed by atoms with Gasteiger partial charge in [0, 0.05) is 22.5 Å². The number of nitrogens with zero attached hydrogens (tertiary/aromatic N) is 1. The molecule has 0 amide bonds. The van der Waals surface area contributed by atoms with Gasteiger partial charge in [0.05, 0.1) is 0 Å². The number of hydrogen-bond acceptors (Lipinski definition) is 1. The van der Waals surface area contributed by atoms with Crippen molar-refractivity contribution in [2.24, 2.45) is 0 Å². The summed E-state index contributed by atoms with van der Waals surface area (Å²) in [5, 5.41) is 0. The van der Waals surface area contributed by atoms with Crippen molar-refractivity contribution in [3.05, 3.63) is 138 Å². The first-order valence-corrected chi connectivity index (χ1v) is 19.8. The molecular weight excluding hydrogens is 603 g/mol. The molecule has 0 N–H and O–H groups in total. The zero-order valence-electron chi connectivity index (χ0n) is 31.3. The SMILES string of the molecule is CCCCCCCCC1(CCCCCCCC)c2cc(C)ccc2-c2ccc(-c3ccc(N(c4ccccc4)c4cccc(C)c4)cc3)cc21. The van der Waals surface area contributed by atoms with Gasteiger partial charge in [-0.25, -0.2) is 0 Å². The lowest BCUT2D eigenvalue weighted by atomic mass is 9.70. The average Bonchev–Trinajstić information content (AvgIpc) is 3.40. The summed E-state index contributed by atoms with van der Waals surface area (Å²) in [5.74, 6) is 0. The average molecular weight is 662 g/mol. The van der Waals surface area contributed by atoms with Crippen LogP contribution in [0.2, 0.25) is 0 Å². The first-order chi connectivity index (χ1) is 24.5. The van der Waals surface area contributed by atoms with Crippen LogP contribution in [0.3, 0.4) is 0 Å². The lowest BCUT2D eigenvalue weighted by molar-refractivity contribution is 0.398. The summed E-state index contributed by atoms with van der Waals surface area (Å²) >= 11 is 0. The van der Waals surface area contributed by atoms with Gasteiger partial charge in [-0.2, -0.15) is 0 Å². The largest absolute Gasteiger partial charge is 0.310 e. The number of unbranched alkanes of at least 4 members (excludes halogenated alkanes) is 10. The Bertz CT molecular complexity index is 1780. The normalized spacial score (nSPS) is 12.9. The smallest absolute Gasteiger partial charge is 0.0464 e. The van der Waals surface area contributed by atoms with Crippen molar-refractivity contribution in [3.63, 3.8) is 0 Å². The lowest BCUT2D eigenvalue weighted by Gasteiger charge is -2.33. The molecule has 0 aliphatic heterocycles. The van der Waals surface area contributed by atoms with Crippen molar-refractivity contribution < 1.29 is 0 Å². The first kappa shape index (κ1) is 35.7. The van der Waals surface area contributed by atoms with Gasteiger partial charge in [-0.1, -0.05) is 169 Å². The van der Waals surface area contributed by atoms with Gasteiger partial charge in [-0.05, 0) is 108 Å². The second kappa shape index (κ2) is 17.2. The van der Waals surface area contributed by atoms with Crippen molar-refractivity contribution in [3.8, 4) is 22.3 Å². The number of benzene rings is 5. The zero-order chi connectivity index (χ0) is 34.8. The third-order valence-corrected chi connectivity index (χ3v) is 11.2. The highest BCUT2D eigenvalue weighted by Crippen LogP contribution is 2.55. The van der Waals surface area contributed by atoms with Crippen LogP contribution in [0.25, 0.3) is 22.3 Å². The molecule has 1 heteroatoms. The van der Waals surface area contributed by atoms with Gasteiger partial charge in [-0.3, -0.25) is 0 Å². The lowest BCUT2D eigenvalue weighted by Crippen LogP contribution is -2.25. The van der Waals surface area contributed by atoms with Gasteiger partial charge in [0.2, 0.25) is 0 Å². The summed E-state index contributed by atoms with van der Waals surface area (Å²) in [6.07, 6.45) is 18.6. The van der Waals surface area contributed by atoms with Crippen LogP contribution in [0.1, 0.15) is 126 Å². The van der Waals surface area contributed by atoms with Crippen LogP contribution in [-0.4, -0.2) is 0 Å². The molecule has 0 heterocycles. The Balaban J connectivity index is 1.35. The zero-order valence-corrected chi connectivity index (χ0v) is 31.3. The molecule has 0 saturated heterocycles. The molecule has 1 nitrogen and oxygen atoms in total. The van der Waals surface area contributed by atoms with E-state index in [1.165, 1.54) is 140 Å². The van der Waals surface area contributed by atoms with E-state index in [4.69, 9.17) is 0 Å². The number of fused-ring (bicyclic) bond motifs is 3. The van der Waals surface area contributed by atoms with Crippen LogP contribution < -0.4 is 4.90 Å². The van der Waals surface area contributed by atoms with E-state index in [9.17, 15) is 0 Å². The monoisotopic (exact) mass is 661 g/mol. The molecule has 6 rings (SSSR count). The molecule has 0 spiro atoms. The molecule has 1 aliphatic rings. The molecule has 5 aromatic rings. The number of aryl methyl sites for hydroxylation is 2. The number of anilines is 3. The van der Waals surface area contributed by atoms with Crippen molar-refractivity contribution in [2.75, 3.05) is 4.90 Å². The highest BCUT2D eigenvalue weighted by molar-refractivity contribution is 5.85. The van der Waals surface area contributed by atoms with Crippen LogP contribution in [-0.2, 0) is 5.41 Å². The number of rotatable bonds is 18. The predicted octanol–water partition coefficient (Wildman–Crippen LogP) is 15.2. The highest BCUT2D eigenvalue weighted by Gasteiger charge is 2.42. The molecule has 0 atom stereocenters. The maximum atomic E-state index is 2.59. The van der Waals surface area contributed by atoms with E-state index in [-0.39, 0.29) is 5.41 Å². The minimum atomic E-state index is 0.0947.